The van der Waals surface area contributed by atoms with Gasteiger partial charge in [-0.05, 0) is 51.0 Å². The van der Waals surface area contributed by atoms with E-state index in [4.69, 9.17) is 8.83 Å². The lowest BCUT2D eigenvalue weighted by Crippen LogP contribution is -2.17. The van der Waals surface area contributed by atoms with E-state index in [0.29, 0.717) is 4.67 Å². The fraction of sp³-hybridized carbons (Fsp3) is 0.200. The molecule has 0 saturated heterocycles. The molecule has 5 heteroatoms. The zero-order valence-electron chi connectivity index (χ0n) is 7.96. The minimum atomic E-state index is -0.0255. The first-order valence-corrected chi connectivity index (χ1v) is 5.95. The Morgan fingerprint density at radius 2 is 1.93 bits per heavy atom. The van der Waals surface area contributed by atoms with Crippen LogP contribution in [0.2, 0.25) is 0 Å². The van der Waals surface area contributed by atoms with Crippen molar-refractivity contribution in [2.75, 3.05) is 7.05 Å². The SMILES string of the molecule is CNC(c1ccoc1Br)c1occc1Br. The average Bonchev–Trinajstić information content (AvgIpc) is 2.80. The van der Waals surface area contributed by atoms with E-state index in [1.54, 1.807) is 12.5 Å². The number of nitrogens with one attached hydrogen (secondary N) is 1. The highest BCUT2D eigenvalue weighted by molar-refractivity contribution is 9.10. The Labute approximate surface area is 104 Å². The van der Waals surface area contributed by atoms with Gasteiger partial charge in [-0.15, -0.1) is 0 Å². The van der Waals surface area contributed by atoms with Crippen LogP contribution in [-0.4, -0.2) is 7.05 Å². The molecule has 0 spiro atoms. The number of hydrogen-bond acceptors (Lipinski definition) is 3. The summed E-state index contributed by atoms with van der Waals surface area (Å²) in [7, 11) is 1.87. The van der Waals surface area contributed by atoms with Gasteiger partial charge in [0.1, 0.15) is 5.76 Å². The second-order valence-corrected chi connectivity index (χ2v) is 4.58. The minimum Gasteiger partial charge on any atom is -0.466 e. The predicted octanol–water partition coefficient (Wildman–Crippen LogP) is 3.71. The molecule has 2 heterocycles. The third-order valence-corrected chi connectivity index (χ3v) is 3.45. The lowest BCUT2D eigenvalue weighted by Gasteiger charge is -2.12. The molecule has 80 valence electrons. The van der Waals surface area contributed by atoms with Crippen molar-refractivity contribution in [2.24, 2.45) is 0 Å². The standard InChI is InChI=1S/C10H9Br2NO2/c1-13-8(6-2-4-15-10(6)12)9-7(11)3-5-14-9/h2-5,8,13H,1H3. The molecule has 0 amide bonds. The summed E-state index contributed by atoms with van der Waals surface area (Å²) in [6.45, 7) is 0. The summed E-state index contributed by atoms with van der Waals surface area (Å²) in [5.41, 5.74) is 1.01. The molecule has 2 aromatic rings. The van der Waals surface area contributed by atoms with Crippen molar-refractivity contribution >= 4 is 31.9 Å². The Morgan fingerprint density at radius 3 is 2.40 bits per heavy atom. The second-order valence-electron chi connectivity index (χ2n) is 3.00. The van der Waals surface area contributed by atoms with Crippen LogP contribution in [0.1, 0.15) is 17.4 Å². The van der Waals surface area contributed by atoms with E-state index in [-0.39, 0.29) is 6.04 Å². The fourth-order valence-corrected chi connectivity index (χ4v) is 2.35. The Kier molecular flexibility index (Phi) is 3.33. The van der Waals surface area contributed by atoms with Crippen molar-refractivity contribution in [2.45, 2.75) is 6.04 Å². The molecule has 0 bridgehead atoms. The molecule has 2 rings (SSSR count). The molecule has 0 aliphatic heterocycles. The van der Waals surface area contributed by atoms with Crippen LogP contribution < -0.4 is 5.32 Å². The van der Waals surface area contributed by atoms with Crippen LogP contribution in [0.25, 0.3) is 0 Å². The summed E-state index contributed by atoms with van der Waals surface area (Å²) in [4.78, 5) is 0. The molecule has 15 heavy (non-hydrogen) atoms. The van der Waals surface area contributed by atoms with Crippen molar-refractivity contribution in [1.29, 1.82) is 0 Å². The van der Waals surface area contributed by atoms with Crippen molar-refractivity contribution in [1.82, 2.24) is 5.32 Å². The largest absolute Gasteiger partial charge is 0.466 e. The number of furan rings is 2. The molecular weight excluding hydrogens is 326 g/mol. The smallest absolute Gasteiger partial charge is 0.174 e. The van der Waals surface area contributed by atoms with Gasteiger partial charge >= 0.3 is 0 Å². The average molecular weight is 335 g/mol. The van der Waals surface area contributed by atoms with Crippen LogP contribution in [0.15, 0.2) is 42.6 Å². The lowest BCUT2D eigenvalue weighted by atomic mass is 10.1. The van der Waals surface area contributed by atoms with Crippen molar-refractivity contribution in [3.05, 3.63) is 45.1 Å². The third kappa shape index (κ3) is 2.04. The number of hydrogen-bond donors (Lipinski definition) is 1. The van der Waals surface area contributed by atoms with Crippen LogP contribution in [0.4, 0.5) is 0 Å². The second kappa shape index (κ2) is 4.55. The quantitative estimate of drug-likeness (QED) is 0.930. The van der Waals surface area contributed by atoms with E-state index >= 15 is 0 Å². The van der Waals surface area contributed by atoms with E-state index in [2.05, 4.69) is 37.2 Å². The minimum absolute atomic E-state index is 0.0255. The zero-order chi connectivity index (χ0) is 10.8. The first-order chi connectivity index (χ1) is 7.24. The van der Waals surface area contributed by atoms with E-state index in [1.165, 1.54) is 0 Å². The molecule has 1 N–H and O–H groups in total. The first kappa shape index (κ1) is 11.0. The van der Waals surface area contributed by atoms with Gasteiger partial charge in [0, 0.05) is 5.56 Å². The molecular formula is C10H9Br2NO2. The molecule has 0 aliphatic carbocycles. The zero-order valence-corrected chi connectivity index (χ0v) is 11.1. The van der Waals surface area contributed by atoms with Crippen LogP contribution in [0.5, 0.6) is 0 Å². The maximum Gasteiger partial charge on any atom is 0.174 e. The topological polar surface area (TPSA) is 38.3 Å². The van der Waals surface area contributed by atoms with Gasteiger partial charge in [0.25, 0.3) is 0 Å². The summed E-state index contributed by atoms with van der Waals surface area (Å²) in [5, 5.41) is 3.17. The summed E-state index contributed by atoms with van der Waals surface area (Å²) in [5.74, 6) is 0.833. The first-order valence-electron chi connectivity index (χ1n) is 4.37. The molecule has 3 nitrogen and oxygen atoms in total. The van der Waals surface area contributed by atoms with Gasteiger partial charge in [-0.25, -0.2) is 0 Å². The van der Waals surface area contributed by atoms with Crippen molar-refractivity contribution < 1.29 is 8.83 Å². The van der Waals surface area contributed by atoms with Crippen LogP contribution in [0, 0.1) is 0 Å². The van der Waals surface area contributed by atoms with Gasteiger partial charge in [0.15, 0.2) is 4.67 Å². The van der Waals surface area contributed by atoms with E-state index in [0.717, 1.165) is 15.8 Å². The van der Waals surface area contributed by atoms with E-state index < -0.39 is 0 Å². The monoisotopic (exact) mass is 333 g/mol. The molecule has 0 saturated carbocycles. The van der Waals surface area contributed by atoms with Gasteiger partial charge in [-0.1, -0.05) is 0 Å². The molecule has 0 radical (unpaired) electrons. The van der Waals surface area contributed by atoms with Gasteiger partial charge in [0.05, 0.1) is 23.0 Å². The van der Waals surface area contributed by atoms with E-state index in [1.807, 2.05) is 19.2 Å². The summed E-state index contributed by atoms with van der Waals surface area (Å²) >= 11 is 6.79. The third-order valence-electron chi connectivity index (χ3n) is 2.15. The fourth-order valence-electron chi connectivity index (χ4n) is 1.45. The molecule has 1 atom stereocenters. The number of rotatable bonds is 3. The summed E-state index contributed by atoms with van der Waals surface area (Å²) in [6.07, 6.45) is 3.29. The predicted molar refractivity (Wildman–Crippen MR) is 63.7 cm³/mol. The van der Waals surface area contributed by atoms with Gasteiger partial charge in [0.2, 0.25) is 0 Å². The normalized spacial score (nSPS) is 13.0. The maximum atomic E-state index is 5.42. The Bertz CT molecular complexity index is 409. The van der Waals surface area contributed by atoms with Gasteiger partial charge in [-0.2, -0.15) is 0 Å². The lowest BCUT2D eigenvalue weighted by molar-refractivity contribution is 0.454. The van der Waals surface area contributed by atoms with Crippen molar-refractivity contribution in [3.63, 3.8) is 0 Å². The van der Waals surface area contributed by atoms with Crippen LogP contribution in [0.3, 0.4) is 0 Å². The molecule has 2 aromatic heterocycles. The molecule has 0 aromatic carbocycles. The summed E-state index contributed by atoms with van der Waals surface area (Å²) < 4.78 is 12.3. The Hall–Kier alpha value is -0.520. The molecule has 0 aliphatic rings. The molecule has 1 unspecified atom stereocenters. The number of halogens is 2. The highest BCUT2D eigenvalue weighted by Gasteiger charge is 2.21. The Morgan fingerprint density at radius 1 is 1.20 bits per heavy atom. The molecule has 0 fully saturated rings. The highest BCUT2D eigenvalue weighted by atomic mass is 79.9. The van der Waals surface area contributed by atoms with Gasteiger partial charge < -0.3 is 14.2 Å². The Balaban J connectivity index is 2.41. The van der Waals surface area contributed by atoms with Crippen LogP contribution in [-0.2, 0) is 0 Å². The summed E-state index contributed by atoms with van der Waals surface area (Å²) in [6, 6.07) is 3.75. The highest BCUT2D eigenvalue weighted by Crippen LogP contribution is 2.33. The van der Waals surface area contributed by atoms with Crippen molar-refractivity contribution in [3.8, 4) is 0 Å². The van der Waals surface area contributed by atoms with Crippen LogP contribution >= 0.6 is 31.9 Å². The van der Waals surface area contributed by atoms with Gasteiger partial charge in [-0.3, -0.25) is 0 Å². The van der Waals surface area contributed by atoms with E-state index in [9.17, 15) is 0 Å². The maximum absolute atomic E-state index is 5.42.